The molecular weight excluding hydrogens is 252 g/mol. The van der Waals surface area contributed by atoms with E-state index in [4.69, 9.17) is 15.9 Å². The number of aromatic carboxylic acids is 1. The molecule has 0 heterocycles. The first-order valence-electron chi connectivity index (χ1n) is 5.52. The van der Waals surface area contributed by atoms with Crippen LogP contribution in [0.25, 0.3) is 0 Å². The Hall–Kier alpha value is -2.41. The Labute approximate surface area is 109 Å². The van der Waals surface area contributed by atoms with Gasteiger partial charge >= 0.3 is 11.9 Å². The van der Waals surface area contributed by atoms with Crippen molar-refractivity contribution in [2.45, 2.75) is 18.9 Å². The van der Waals surface area contributed by atoms with Gasteiger partial charge in [-0.1, -0.05) is 12.1 Å². The van der Waals surface area contributed by atoms with E-state index in [2.05, 4.69) is 5.32 Å². The van der Waals surface area contributed by atoms with Crippen LogP contribution < -0.4 is 11.1 Å². The van der Waals surface area contributed by atoms with Crippen LogP contribution >= 0.6 is 0 Å². The van der Waals surface area contributed by atoms with Crippen LogP contribution in [0.1, 0.15) is 23.2 Å². The van der Waals surface area contributed by atoms with Crippen molar-refractivity contribution in [2.24, 2.45) is 5.73 Å². The lowest BCUT2D eigenvalue weighted by atomic mass is 10.1. The highest BCUT2D eigenvalue weighted by Gasteiger charge is 2.17. The minimum absolute atomic E-state index is 0.0175. The van der Waals surface area contributed by atoms with Crippen LogP contribution in [-0.4, -0.2) is 34.1 Å². The Morgan fingerprint density at radius 2 is 1.84 bits per heavy atom. The average molecular weight is 266 g/mol. The SMILES string of the molecule is NC(CCC(=O)O)C(=O)Nc1ccccc1C(=O)O. The Morgan fingerprint density at radius 1 is 1.21 bits per heavy atom. The number of nitrogens with one attached hydrogen (secondary N) is 1. The predicted octanol–water partition coefficient (Wildman–Crippen LogP) is 0.515. The van der Waals surface area contributed by atoms with Gasteiger partial charge < -0.3 is 21.3 Å². The van der Waals surface area contributed by atoms with Crippen LogP contribution in [-0.2, 0) is 9.59 Å². The maximum atomic E-state index is 11.7. The molecule has 0 saturated carbocycles. The number of aliphatic carboxylic acids is 1. The van der Waals surface area contributed by atoms with Gasteiger partial charge in [0, 0.05) is 6.42 Å². The number of nitrogens with two attached hydrogens (primary N) is 1. The highest BCUT2D eigenvalue weighted by molar-refractivity contribution is 6.02. The number of rotatable bonds is 6. The molecule has 5 N–H and O–H groups in total. The lowest BCUT2D eigenvalue weighted by Gasteiger charge is -2.12. The van der Waals surface area contributed by atoms with Gasteiger partial charge in [0.15, 0.2) is 0 Å². The lowest BCUT2D eigenvalue weighted by Crippen LogP contribution is -2.36. The summed E-state index contributed by atoms with van der Waals surface area (Å²) in [7, 11) is 0. The molecule has 102 valence electrons. The molecule has 0 spiro atoms. The Kier molecular flexibility index (Phi) is 5.01. The largest absolute Gasteiger partial charge is 0.481 e. The van der Waals surface area contributed by atoms with E-state index < -0.39 is 23.9 Å². The number of carbonyl (C=O) groups excluding carboxylic acids is 1. The van der Waals surface area contributed by atoms with E-state index in [-0.39, 0.29) is 24.1 Å². The second-order valence-electron chi connectivity index (χ2n) is 3.88. The van der Waals surface area contributed by atoms with Crippen LogP contribution in [0, 0.1) is 0 Å². The average Bonchev–Trinajstić information content (AvgIpc) is 2.36. The molecule has 19 heavy (non-hydrogen) atoms. The number of carboxylic acid groups (broad SMARTS) is 2. The van der Waals surface area contributed by atoms with Crippen molar-refractivity contribution in [3.63, 3.8) is 0 Å². The summed E-state index contributed by atoms with van der Waals surface area (Å²) in [6, 6.07) is 4.89. The zero-order chi connectivity index (χ0) is 14.4. The van der Waals surface area contributed by atoms with E-state index in [0.717, 1.165) is 0 Å². The maximum Gasteiger partial charge on any atom is 0.337 e. The molecule has 0 bridgehead atoms. The molecule has 0 radical (unpaired) electrons. The third-order valence-electron chi connectivity index (χ3n) is 2.42. The van der Waals surface area contributed by atoms with E-state index in [1.54, 1.807) is 6.07 Å². The standard InChI is InChI=1S/C12H14N2O5/c13-8(5-6-10(15)16)11(17)14-9-4-2-1-3-7(9)12(18)19/h1-4,8H,5-6,13H2,(H,14,17)(H,15,16)(H,18,19). The van der Waals surface area contributed by atoms with Crippen molar-refractivity contribution in [1.82, 2.24) is 0 Å². The van der Waals surface area contributed by atoms with Gasteiger partial charge in [0.1, 0.15) is 0 Å². The summed E-state index contributed by atoms with van der Waals surface area (Å²) < 4.78 is 0. The molecule has 1 amide bonds. The molecule has 1 atom stereocenters. The molecule has 1 unspecified atom stereocenters. The zero-order valence-corrected chi connectivity index (χ0v) is 10.00. The number of para-hydroxylation sites is 1. The minimum atomic E-state index is -1.17. The lowest BCUT2D eigenvalue weighted by molar-refractivity contribution is -0.137. The van der Waals surface area contributed by atoms with E-state index in [1.807, 2.05) is 0 Å². The monoisotopic (exact) mass is 266 g/mol. The maximum absolute atomic E-state index is 11.7. The van der Waals surface area contributed by atoms with E-state index >= 15 is 0 Å². The van der Waals surface area contributed by atoms with Crippen molar-refractivity contribution in [2.75, 3.05) is 5.32 Å². The number of carboxylic acids is 2. The van der Waals surface area contributed by atoms with E-state index in [1.165, 1.54) is 18.2 Å². The fourth-order valence-electron chi connectivity index (χ4n) is 1.41. The second kappa shape index (κ2) is 6.50. The van der Waals surface area contributed by atoms with Crippen LogP contribution in [0.5, 0.6) is 0 Å². The molecule has 0 aliphatic rings. The van der Waals surface area contributed by atoms with Crippen molar-refractivity contribution < 1.29 is 24.6 Å². The second-order valence-corrected chi connectivity index (χ2v) is 3.88. The summed E-state index contributed by atoms with van der Waals surface area (Å²) in [6.07, 6.45) is -0.244. The summed E-state index contributed by atoms with van der Waals surface area (Å²) >= 11 is 0. The quantitative estimate of drug-likeness (QED) is 0.593. The number of amides is 1. The molecule has 1 rings (SSSR count). The first-order chi connectivity index (χ1) is 8.91. The summed E-state index contributed by atoms with van der Waals surface area (Å²) in [5, 5.41) is 19.8. The molecule has 0 aromatic heterocycles. The van der Waals surface area contributed by atoms with Crippen molar-refractivity contribution in [1.29, 1.82) is 0 Å². The van der Waals surface area contributed by atoms with Gasteiger partial charge in [-0.15, -0.1) is 0 Å². The highest BCUT2D eigenvalue weighted by atomic mass is 16.4. The number of benzene rings is 1. The number of carbonyl (C=O) groups is 3. The van der Waals surface area contributed by atoms with Gasteiger partial charge in [0.2, 0.25) is 5.91 Å². The Balaban J connectivity index is 2.71. The van der Waals surface area contributed by atoms with Crippen molar-refractivity contribution >= 4 is 23.5 Å². The number of hydrogen-bond donors (Lipinski definition) is 4. The third kappa shape index (κ3) is 4.40. The molecule has 0 saturated heterocycles. The fourth-order valence-corrected chi connectivity index (χ4v) is 1.41. The minimum Gasteiger partial charge on any atom is -0.481 e. The topological polar surface area (TPSA) is 130 Å². The Bertz CT molecular complexity index is 501. The highest BCUT2D eigenvalue weighted by Crippen LogP contribution is 2.15. The molecule has 0 aliphatic heterocycles. The summed E-state index contributed by atoms with van der Waals surface area (Å²) in [5.41, 5.74) is 5.59. The van der Waals surface area contributed by atoms with Crippen LogP contribution in [0.2, 0.25) is 0 Å². The first kappa shape index (κ1) is 14.7. The van der Waals surface area contributed by atoms with Gasteiger partial charge in [0.25, 0.3) is 0 Å². The van der Waals surface area contributed by atoms with Crippen LogP contribution in [0.4, 0.5) is 5.69 Å². The third-order valence-corrected chi connectivity index (χ3v) is 2.42. The summed E-state index contributed by atoms with van der Waals surface area (Å²) in [4.78, 5) is 33.0. The zero-order valence-electron chi connectivity index (χ0n) is 10.00. The summed E-state index contributed by atoms with van der Waals surface area (Å²) in [5.74, 6) is -2.83. The van der Waals surface area contributed by atoms with Gasteiger partial charge in [-0.3, -0.25) is 9.59 Å². The number of hydrogen-bond acceptors (Lipinski definition) is 4. The van der Waals surface area contributed by atoms with Crippen molar-refractivity contribution in [3.8, 4) is 0 Å². The molecule has 1 aromatic carbocycles. The Morgan fingerprint density at radius 3 is 2.42 bits per heavy atom. The smallest absolute Gasteiger partial charge is 0.337 e. The van der Waals surface area contributed by atoms with E-state index in [0.29, 0.717) is 0 Å². The van der Waals surface area contributed by atoms with Gasteiger partial charge in [-0.25, -0.2) is 4.79 Å². The van der Waals surface area contributed by atoms with Crippen molar-refractivity contribution in [3.05, 3.63) is 29.8 Å². The van der Waals surface area contributed by atoms with Gasteiger partial charge in [0.05, 0.1) is 17.3 Å². The normalized spacial score (nSPS) is 11.6. The molecule has 0 fully saturated rings. The summed E-state index contributed by atoms with van der Waals surface area (Å²) in [6.45, 7) is 0. The first-order valence-corrected chi connectivity index (χ1v) is 5.52. The molecule has 1 aromatic rings. The van der Waals surface area contributed by atoms with Gasteiger partial charge in [-0.05, 0) is 18.6 Å². The van der Waals surface area contributed by atoms with Crippen LogP contribution in [0.3, 0.4) is 0 Å². The van der Waals surface area contributed by atoms with Crippen LogP contribution in [0.15, 0.2) is 24.3 Å². The van der Waals surface area contributed by atoms with Gasteiger partial charge in [-0.2, -0.15) is 0 Å². The number of anilines is 1. The predicted molar refractivity (Wildman–Crippen MR) is 66.9 cm³/mol. The fraction of sp³-hybridized carbons (Fsp3) is 0.250. The molecule has 0 aliphatic carbocycles. The molecular formula is C12H14N2O5. The molecule has 7 nitrogen and oxygen atoms in total. The van der Waals surface area contributed by atoms with E-state index in [9.17, 15) is 14.4 Å². The molecule has 7 heteroatoms.